The van der Waals surface area contributed by atoms with Gasteiger partial charge >= 0.3 is 6.09 Å². The number of thiophene rings is 1. The van der Waals surface area contributed by atoms with Crippen molar-refractivity contribution in [1.29, 1.82) is 0 Å². The largest absolute Gasteiger partial charge is 0.485 e. The third-order valence-electron chi connectivity index (χ3n) is 5.71. The number of benzene rings is 1. The Labute approximate surface area is 202 Å². The number of hydrogen-bond donors (Lipinski definition) is 1. The number of carbonyl (C=O) groups excluding carboxylic acids is 1. The number of carbonyl (C=O) groups is 2. The summed E-state index contributed by atoms with van der Waals surface area (Å²) in [5.74, 6) is 1.71. The highest BCUT2D eigenvalue weighted by Gasteiger charge is 2.28. The maximum atomic E-state index is 13.4. The van der Waals surface area contributed by atoms with E-state index in [1.54, 1.807) is 36.4 Å². The molecule has 0 aliphatic carbocycles. The van der Waals surface area contributed by atoms with Crippen molar-refractivity contribution in [3.63, 3.8) is 0 Å². The summed E-state index contributed by atoms with van der Waals surface area (Å²) in [4.78, 5) is 39.2. The molecule has 1 N–H and O–H groups in total. The van der Waals surface area contributed by atoms with Gasteiger partial charge in [-0.15, -0.1) is 11.3 Å². The van der Waals surface area contributed by atoms with E-state index in [-0.39, 0.29) is 12.0 Å². The van der Waals surface area contributed by atoms with Crippen LogP contribution < -0.4 is 14.5 Å². The zero-order chi connectivity index (χ0) is 24.2. The number of carboxylic acid groups (broad SMARTS) is 1. The summed E-state index contributed by atoms with van der Waals surface area (Å²) in [6.07, 6.45) is 0.808. The van der Waals surface area contributed by atoms with Crippen molar-refractivity contribution in [3.8, 4) is 5.75 Å². The van der Waals surface area contributed by atoms with Gasteiger partial charge in [-0.2, -0.15) is 0 Å². The number of rotatable bonds is 7. The molecule has 0 saturated carbocycles. The van der Waals surface area contributed by atoms with Gasteiger partial charge in [-0.05, 0) is 30.5 Å². The van der Waals surface area contributed by atoms with E-state index in [0.717, 1.165) is 10.6 Å². The Kier molecular flexibility index (Phi) is 6.97. The second kappa shape index (κ2) is 10.1. The number of amides is 2. The Bertz CT molecular complexity index is 1170. The minimum atomic E-state index is -0.976. The van der Waals surface area contributed by atoms with E-state index in [2.05, 4.69) is 9.97 Å². The predicted octanol–water partition coefficient (Wildman–Crippen LogP) is 4.06. The van der Waals surface area contributed by atoms with Crippen LogP contribution in [0.4, 0.5) is 16.3 Å². The monoisotopic (exact) mass is 481 g/mol. The highest BCUT2D eigenvalue weighted by atomic mass is 32.1. The maximum absolute atomic E-state index is 13.4. The van der Waals surface area contributed by atoms with Crippen molar-refractivity contribution in [3.05, 3.63) is 64.2 Å². The van der Waals surface area contributed by atoms with Gasteiger partial charge in [-0.3, -0.25) is 4.79 Å². The second-order valence-electron chi connectivity index (χ2n) is 8.14. The van der Waals surface area contributed by atoms with Gasteiger partial charge in [-0.25, -0.2) is 14.8 Å². The van der Waals surface area contributed by atoms with E-state index < -0.39 is 6.09 Å². The van der Waals surface area contributed by atoms with Crippen LogP contribution in [0.15, 0.2) is 48.0 Å². The molecule has 9 nitrogen and oxygen atoms in total. The topological polar surface area (TPSA) is 99.1 Å². The predicted molar refractivity (Wildman–Crippen MR) is 131 cm³/mol. The SMILES string of the molecule is Cc1ncc2c(n1)N(C)CCN(c1cccc(OC(CCN(C)C(=O)O)c3cccs3)c1)C2=O. The van der Waals surface area contributed by atoms with E-state index in [0.29, 0.717) is 49.0 Å². The van der Waals surface area contributed by atoms with Gasteiger partial charge in [0, 0.05) is 63.0 Å². The van der Waals surface area contributed by atoms with E-state index >= 15 is 0 Å². The van der Waals surface area contributed by atoms with E-state index in [4.69, 9.17) is 4.74 Å². The molecule has 1 atom stereocenters. The zero-order valence-corrected chi connectivity index (χ0v) is 20.2. The molecular formula is C24H27N5O4S. The summed E-state index contributed by atoms with van der Waals surface area (Å²) < 4.78 is 6.31. The highest BCUT2D eigenvalue weighted by Crippen LogP contribution is 2.32. The van der Waals surface area contributed by atoms with Crippen LogP contribution in [-0.4, -0.2) is 65.7 Å². The Balaban J connectivity index is 1.57. The Morgan fingerprint density at radius 2 is 2.12 bits per heavy atom. The Morgan fingerprint density at radius 3 is 2.85 bits per heavy atom. The number of aromatic nitrogens is 2. The first kappa shape index (κ1) is 23.5. The summed E-state index contributed by atoms with van der Waals surface area (Å²) in [6, 6.07) is 11.4. The summed E-state index contributed by atoms with van der Waals surface area (Å²) in [5, 5.41) is 11.2. The van der Waals surface area contributed by atoms with Gasteiger partial charge in [0.15, 0.2) is 0 Å². The Morgan fingerprint density at radius 1 is 1.29 bits per heavy atom. The van der Waals surface area contributed by atoms with Crippen LogP contribution in [0.25, 0.3) is 0 Å². The first-order valence-electron chi connectivity index (χ1n) is 10.9. The van der Waals surface area contributed by atoms with Gasteiger partial charge in [0.05, 0.1) is 0 Å². The number of anilines is 2. The molecule has 10 heteroatoms. The third-order valence-corrected chi connectivity index (χ3v) is 6.67. The highest BCUT2D eigenvalue weighted by molar-refractivity contribution is 7.10. The van der Waals surface area contributed by atoms with Gasteiger partial charge < -0.3 is 24.5 Å². The van der Waals surface area contributed by atoms with Crippen LogP contribution in [0.2, 0.25) is 0 Å². The summed E-state index contributed by atoms with van der Waals surface area (Å²) in [5.41, 5.74) is 1.18. The van der Waals surface area contributed by atoms with Crippen molar-refractivity contribution in [2.24, 2.45) is 0 Å². The van der Waals surface area contributed by atoms with E-state index in [9.17, 15) is 14.7 Å². The molecule has 0 saturated heterocycles. The molecule has 2 aromatic heterocycles. The molecule has 1 aliphatic heterocycles. The number of hydrogen-bond acceptors (Lipinski definition) is 7. The van der Waals surface area contributed by atoms with Crippen LogP contribution >= 0.6 is 11.3 Å². The first-order chi connectivity index (χ1) is 16.3. The molecule has 3 aromatic rings. The van der Waals surface area contributed by atoms with Gasteiger partial charge in [0.2, 0.25) is 0 Å². The number of aryl methyl sites for hydroxylation is 1. The maximum Gasteiger partial charge on any atom is 0.407 e. The normalized spacial score (nSPS) is 14.4. The molecule has 2 amide bonds. The smallest absolute Gasteiger partial charge is 0.407 e. The van der Waals surface area contributed by atoms with Gasteiger partial charge in [0.25, 0.3) is 5.91 Å². The lowest BCUT2D eigenvalue weighted by Gasteiger charge is -2.24. The second-order valence-corrected chi connectivity index (χ2v) is 9.12. The zero-order valence-electron chi connectivity index (χ0n) is 19.3. The minimum Gasteiger partial charge on any atom is -0.485 e. The molecule has 0 bridgehead atoms. The first-order valence-corrected chi connectivity index (χ1v) is 11.8. The fourth-order valence-corrected chi connectivity index (χ4v) is 4.57. The lowest BCUT2D eigenvalue weighted by molar-refractivity contribution is 0.0989. The van der Waals surface area contributed by atoms with Crippen LogP contribution in [0, 0.1) is 6.92 Å². The quantitative estimate of drug-likeness (QED) is 0.543. The molecule has 1 aliphatic rings. The van der Waals surface area contributed by atoms with E-state index in [1.165, 1.54) is 4.90 Å². The minimum absolute atomic E-state index is 0.158. The fourth-order valence-electron chi connectivity index (χ4n) is 3.78. The average molecular weight is 482 g/mol. The van der Waals surface area contributed by atoms with Crippen molar-refractivity contribution in [2.75, 3.05) is 43.5 Å². The van der Waals surface area contributed by atoms with Crippen LogP contribution in [0.3, 0.4) is 0 Å². The average Bonchev–Trinajstić information content (AvgIpc) is 3.32. The lowest BCUT2D eigenvalue weighted by atomic mass is 10.2. The third kappa shape index (κ3) is 5.12. The van der Waals surface area contributed by atoms with Crippen LogP contribution in [0.5, 0.6) is 5.75 Å². The van der Waals surface area contributed by atoms with E-state index in [1.807, 2.05) is 53.7 Å². The van der Waals surface area contributed by atoms with Crippen molar-refractivity contribution in [1.82, 2.24) is 14.9 Å². The lowest BCUT2D eigenvalue weighted by Crippen LogP contribution is -2.33. The fraction of sp³-hybridized carbons (Fsp3) is 0.333. The number of fused-ring (bicyclic) bond motifs is 1. The summed E-state index contributed by atoms with van der Waals surface area (Å²) in [6.45, 7) is 3.26. The van der Waals surface area contributed by atoms with Crippen LogP contribution in [0.1, 0.15) is 33.6 Å². The Hall–Kier alpha value is -3.66. The summed E-state index contributed by atoms with van der Waals surface area (Å²) in [7, 11) is 3.46. The van der Waals surface area contributed by atoms with Gasteiger partial charge in [0.1, 0.15) is 29.1 Å². The van der Waals surface area contributed by atoms with Crippen LogP contribution in [-0.2, 0) is 0 Å². The number of likely N-dealkylation sites (N-methyl/N-ethyl adjacent to an activating group) is 1. The molecule has 0 spiro atoms. The molecule has 34 heavy (non-hydrogen) atoms. The molecule has 1 unspecified atom stereocenters. The molecule has 3 heterocycles. The van der Waals surface area contributed by atoms with Crippen molar-refractivity contribution >= 4 is 34.8 Å². The molecule has 4 rings (SSSR count). The van der Waals surface area contributed by atoms with Crippen molar-refractivity contribution in [2.45, 2.75) is 19.4 Å². The molecule has 178 valence electrons. The molecule has 0 radical (unpaired) electrons. The summed E-state index contributed by atoms with van der Waals surface area (Å²) >= 11 is 1.56. The number of nitrogens with zero attached hydrogens (tertiary/aromatic N) is 5. The van der Waals surface area contributed by atoms with Crippen molar-refractivity contribution < 1.29 is 19.4 Å². The number of ether oxygens (including phenoxy) is 1. The van der Waals surface area contributed by atoms with Gasteiger partial charge in [-0.1, -0.05) is 12.1 Å². The molecule has 0 fully saturated rings. The molecule has 1 aromatic carbocycles. The molecular weight excluding hydrogens is 454 g/mol. The standard InChI is InChI=1S/C24H27N5O4S/c1-16-25-15-19-22(26-16)27(2)11-12-29(23(19)30)17-6-4-7-18(14-17)33-20(21-8-5-13-34-21)9-10-28(3)24(31)32/h4-8,13-15,20H,9-12H2,1-3H3,(H,31,32).